The van der Waals surface area contributed by atoms with Crippen LogP contribution in [0.1, 0.15) is 39.5 Å². The van der Waals surface area contributed by atoms with Gasteiger partial charge in [-0.2, -0.15) is 0 Å². The van der Waals surface area contributed by atoms with Crippen LogP contribution in [0.3, 0.4) is 0 Å². The van der Waals surface area contributed by atoms with Crippen LogP contribution >= 0.6 is 0 Å². The maximum Gasteiger partial charge on any atom is 0.0512 e. The van der Waals surface area contributed by atoms with Crippen molar-refractivity contribution in [3.05, 3.63) is 0 Å². The fourth-order valence-corrected chi connectivity index (χ4v) is 0.879. The Morgan fingerprint density at radius 1 is 0.900 bits per heavy atom. The van der Waals surface area contributed by atoms with Gasteiger partial charge >= 0.3 is 0 Å². The van der Waals surface area contributed by atoms with Crippen molar-refractivity contribution < 1.29 is 10.2 Å². The summed E-state index contributed by atoms with van der Waals surface area (Å²) in [5, 5.41) is 17.7. The Balaban J connectivity index is 2.91. The summed E-state index contributed by atoms with van der Waals surface area (Å²) >= 11 is 0. The SMILES string of the molecule is C[C@H](O)CCCC[C@@H](C)O. The first kappa shape index (κ1) is 9.92. The van der Waals surface area contributed by atoms with E-state index in [9.17, 15) is 0 Å². The maximum absolute atomic E-state index is 8.86. The minimum absolute atomic E-state index is 0.186. The molecule has 0 aliphatic carbocycles. The van der Waals surface area contributed by atoms with Gasteiger partial charge in [0.15, 0.2) is 0 Å². The molecule has 62 valence electrons. The van der Waals surface area contributed by atoms with Gasteiger partial charge in [-0.15, -0.1) is 0 Å². The predicted molar refractivity (Wildman–Crippen MR) is 41.8 cm³/mol. The van der Waals surface area contributed by atoms with Crippen LogP contribution in [0.2, 0.25) is 0 Å². The Labute approximate surface area is 62.9 Å². The second kappa shape index (κ2) is 5.69. The lowest BCUT2D eigenvalue weighted by Crippen LogP contribution is -2.02. The summed E-state index contributed by atoms with van der Waals surface area (Å²) in [6.07, 6.45) is 3.37. The highest BCUT2D eigenvalue weighted by molar-refractivity contribution is 4.51. The van der Waals surface area contributed by atoms with E-state index in [1.54, 1.807) is 13.8 Å². The smallest absolute Gasteiger partial charge is 0.0512 e. The van der Waals surface area contributed by atoms with Gasteiger partial charge in [0, 0.05) is 0 Å². The molecular weight excluding hydrogens is 128 g/mol. The van der Waals surface area contributed by atoms with Crippen LogP contribution in [0.5, 0.6) is 0 Å². The van der Waals surface area contributed by atoms with E-state index in [4.69, 9.17) is 10.2 Å². The van der Waals surface area contributed by atoms with Crippen LogP contribution in [0, 0.1) is 0 Å². The zero-order chi connectivity index (χ0) is 7.98. The maximum atomic E-state index is 8.86. The normalized spacial score (nSPS) is 16.8. The molecule has 0 aromatic heterocycles. The molecule has 2 atom stereocenters. The Bertz CT molecular complexity index is 59.7. The molecule has 0 heterocycles. The van der Waals surface area contributed by atoms with E-state index in [2.05, 4.69) is 0 Å². The van der Waals surface area contributed by atoms with Crippen molar-refractivity contribution in [3.8, 4) is 0 Å². The lowest BCUT2D eigenvalue weighted by molar-refractivity contribution is 0.163. The van der Waals surface area contributed by atoms with Crippen LogP contribution in [-0.4, -0.2) is 22.4 Å². The molecule has 0 spiro atoms. The molecule has 0 fully saturated rings. The molecule has 0 aromatic carbocycles. The average molecular weight is 146 g/mol. The largest absolute Gasteiger partial charge is 0.393 e. The zero-order valence-electron chi connectivity index (χ0n) is 6.88. The molecule has 2 N–H and O–H groups in total. The summed E-state index contributed by atoms with van der Waals surface area (Å²) in [6.45, 7) is 3.59. The van der Waals surface area contributed by atoms with Gasteiger partial charge in [0.2, 0.25) is 0 Å². The first-order chi connectivity index (χ1) is 4.63. The fourth-order valence-electron chi connectivity index (χ4n) is 0.879. The summed E-state index contributed by atoms with van der Waals surface area (Å²) in [4.78, 5) is 0. The number of hydrogen-bond acceptors (Lipinski definition) is 2. The summed E-state index contributed by atoms with van der Waals surface area (Å²) in [7, 11) is 0. The van der Waals surface area contributed by atoms with E-state index in [-0.39, 0.29) is 12.2 Å². The molecule has 10 heavy (non-hydrogen) atoms. The Kier molecular flexibility index (Phi) is 5.64. The van der Waals surface area contributed by atoms with E-state index < -0.39 is 0 Å². The molecule has 0 saturated carbocycles. The highest BCUT2D eigenvalue weighted by Crippen LogP contribution is 2.04. The monoisotopic (exact) mass is 146 g/mol. The van der Waals surface area contributed by atoms with Gasteiger partial charge in [-0.1, -0.05) is 12.8 Å². The standard InChI is InChI=1S/C8H18O2/c1-7(9)5-3-4-6-8(2)10/h7-10H,3-6H2,1-2H3/t7-,8+. The first-order valence-electron chi connectivity index (χ1n) is 3.99. The second-order valence-electron chi connectivity index (χ2n) is 2.98. The minimum atomic E-state index is -0.186. The molecule has 0 radical (unpaired) electrons. The molecule has 0 amide bonds. The van der Waals surface area contributed by atoms with Crippen molar-refractivity contribution in [2.75, 3.05) is 0 Å². The molecule has 2 nitrogen and oxygen atoms in total. The van der Waals surface area contributed by atoms with Crippen molar-refractivity contribution in [2.45, 2.75) is 51.7 Å². The minimum Gasteiger partial charge on any atom is -0.393 e. The van der Waals surface area contributed by atoms with E-state index in [1.165, 1.54) is 0 Å². The van der Waals surface area contributed by atoms with Crippen LogP contribution in [0.4, 0.5) is 0 Å². The first-order valence-corrected chi connectivity index (χ1v) is 3.99. The quantitative estimate of drug-likeness (QED) is 0.574. The van der Waals surface area contributed by atoms with Crippen molar-refractivity contribution in [1.29, 1.82) is 0 Å². The van der Waals surface area contributed by atoms with E-state index >= 15 is 0 Å². The summed E-state index contributed by atoms with van der Waals surface area (Å²) in [5.41, 5.74) is 0. The summed E-state index contributed by atoms with van der Waals surface area (Å²) in [5.74, 6) is 0. The van der Waals surface area contributed by atoms with Gasteiger partial charge in [-0.3, -0.25) is 0 Å². The van der Waals surface area contributed by atoms with Crippen LogP contribution < -0.4 is 0 Å². The van der Waals surface area contributed by atoms with E-state index in [0.29, 0.717) is 0 Å². The second-order valence-corrected chi connectivity index (χ2v) is 2.98. The van der Waals surface area contributed by atoms with Crippen molar-refractivity contribution in [1.82, 2.24) is 0 Å². The van der Waals surface area contributed by atoms with Crippen molar-refractivity contribution in [2.24, 2.45) is 0 Å². The molecule has 0 aliphatic heterocycles. The Morgan fingerprint density at radius 3 is 1.40 bits per heavy atom. The van der Waals surface area contributed by atoms with Crippen molar-refractivity contribution in [3.63, 3.8) is 0 Å². The van der Waals surface area contributed by atoms with Crippen molar-refractivity contribution >= 4 is 0 Å². The number of rotatable bonds is 5. The van der Waals surface area contributed by atoms with Gasteiger partial charge in [0.25, 0.3) is 0 Å². The highest BCUT2D eigenvalue weighted by Gasteiger charge is 1.97. The lowest BCUT2D eigenvalue weighted by Gasteiger charge is -2.04. The van der Waals surface area contributed by atoms with Gasteiger partial charge in [-0.25, -0.2) is 0 Å². The van der Waals surface area contributed by atoms with E-state index in [1.807, 2.05) is 0 Å². The predicted octanol–water partition coefficient (Wildman–Crippen LogP) is 1.31. The van der Waals surface area contributed by atoms with Crippen LogP contribution in [0.15, 0.2) is 0 Å². The third-order valence-electron chi connectivity index (χ3n) is 1.49. The van der Waals surface area contributed by atoms with Gasteiger partial charge in [0.05, 0.1) is 12.2 Å². The molecule has 0 aromatic rings. The number of unbranched alkanes of at least 4 members (excludes halogenated alkanes) is 1. The van der Waals surface area contributed by atoms with Gasteiger partial charge < -0.3 is 10.2 Å². The molecule has 0 aliphatic rings. The topological polar surface area (TPSA) is 40.5 Å². The van der Waals surface area contributed by atoms with E-state index in [0.717, 1.165) is 25.7 Å². The number of hydrogen-bond donors (Lipinski definition) is 2. The number of aliphatic hydroxyl groups excluding tert-OH is 2. The highest BCUT2D eigenvalue weighted by atomic mass is 16.3. The van der Waals surface area contributed by atoms with Crippen LogP contribution in [-0.2, 0) is 0 Å². The molecule has 0 rings (SSSR count). The van der Waals surface area contributed by atoms with Crippen LogP contribution in [0.25, 0.3) is 0 Å². The Morgan fingerprint density at radius 2 is 1.20 bits per heavy atom. The molecule has 0 unspecified atom stereocenters. The molecule has 2 heteroatoms. The summed E-state index contributed by atoms with van der Waals surface area (Å²) < 4.78 is 0. The summed E-state index contributed by atoms with van der Waals surface area (Å²) in [6, 6.07) is 0. The zero-order valence-corrected chi connectivity index (χ0v) is 6.88. The van der Waals surface area contributed by atoms with Gasteiger partial charge in [-0.05, 0) is 26.7 Å². The fraction of sp³-hybridized carbons (Fsp3) is 1.00. The number of aliphatic hydroxyl groups is 2. The molecule has 0 saturated heterocycles. The molecular formula is C8H18O2. The molecule has 0 bridgehead atoms. The third kappa shape index (κ3) is 7.92. The average Bonchev–Trinajstić information content (AvgIpc) is 1.79. The Hall–Kier alpha value is -0.0800. The third-order valence-corrected chi connectivity index (χ3v) is 1.49. The lowest BCUT2D eigenvalue weighted by atomic mass is 10.1. The van der Waals surface area contributed by atoms with Gasteiger partial charge in [0.1, 0.15) is 0 Å².